The summed E-state index contributed by atoms with van der Waals surface area (Å²) in [7, 11) is 0. The van der Waals surface area contributed by atoms with Crippen LogP contribution in [0.15, 0.2) is 99.3 Å². The molecule has 1 aromatic carbocycles. The van der Waals surface area contributed by atoms with Crippen molar-refractivity contribution < 1.29 is 19.2 Å². The van der Waals surface area contributed by atoms with Crippen LogP contribution in [-0.4, -0.2) is 51.9 Å². The maximum absolute atomic E-state index is 13.7. The molecule has 0 bridgehead atoms. The Labute approximate surface area is 270 Å². The van der Waals surface area contributed by atoms with Crippen molar-refractivity contribution in [1.82, 2.24) is 4.90 Å². The van der Waals surface area contributed by atoms with Crippen molar-refractivity contribution in [3.05, 3.63) is 105 Å². The lowest BCUT2D eigenvalue weighted by Gasteiger charge is -2.29. The summed E-state index contributed by atoms with van der Waals surface area (Å²) in [5.74, 6) is -0.472. The van der Waals surface area contributed by atoms with E-state index in [9.17, 15) is 14.4 Å². The molecule has 1 aliphatic heterocycles. The fraction of sp³-hybridized carbons (Fsp3) is 0.389. The van der Waals surface area contributed by atoms with Gasteiger partial charge in [-0.3, -0.25) is 9.59 Å². The van der Waals surface area contributed by atoms with Gasteiger partial charge >= 0.3 is 5.97 Å². The molecule has 0 N–H and O–H groups in total. The van der Waals surface area contributed by atoms with E-state index in [0.29, 0.717) is 18.6 Å². The van der Waals surface area contributed by atoms with Gasteiger partial charge in [0.1, 0.15) is 5.71 Å². The van der Waals surface area contributed by atoms with E-state index >= 15 is 0 Å². The predicted octanol–water partition coefficient (Wildman–Crippen LogP) is 8.06. The zero-order chi connectivity index (χ0) is 31.8. The van der Waals surface area contributed by atoms with E-state index in [0.717, 1.165) is 57.8 Å². The highest BCUT2D eigenvalue weighted by atomic mass is 35.5. The van der Waals surface area contributed by atoms with Crippen LogP contribution < -0.4 is 0 Å². The molecular formula is C36H41ClN2O4S. The lowest BCUT2D eigenvalue weighted by Crippen LogP contribution is -2.31. The molecule has 2 aliphatic carbocycles. The Kier molecular flexibility index (Phi) is 11.8. The van der Waals surface area contributed by atoms with Crippen LogP contribution in [0.2, 0.25) is 0 Å². The van der Waals surface area contributed by atoms with Crippen molar-refractivity contribution in [2.75, 3.05) is 12.3 Å². The maximum atomic E-state index is 13.7. The number of carbonyl (C=O) groups excluding carboxylic acids is 3. The molecular weight excluding hydrogens is 592 g/mol. The lowest BCUT2D eigenvalue weighted by atomic mass is 9.88. The van der Waals surface area contributed by atoms with Gasteiger partial charge in [-0.2, -0.15) is 0 Å². The highest BCUT2D eigenvalue weighted by Crippen LogP contribution is 2.40. The van der Waals surface area contributed by atoms with Gasteiger partial charge in [0.2, 0.25) is 0 Å². The summed E-state index contributed by atoms with van der Waals surface area (Å²) in [6.45, 7) is 10.2. The number of oxime groups is 1. The minimum atomic E-state index is -0.562. The number of Topliss-reactive ketones (excluding diaryl/α,β-unsaturated/α-hetero) is 2. The van der Waals surface area contributed by atoms with E-state index in [-0.39, 0.29) is 28.7 Å². The molecule has 44 heavy (non-hydrogen) atoms. The van der Waals surface area contributed by atoms with Crippen LogP contribution >= 0.6 is 23.4 Å². The molecule has 3 aliphatic rings. The van der Waals surface area contributed by atoms with E-state index in [1.54, 1.807) is 11.8 Å². The molecule has 8 heteroatoms. The van der Waals surface area contributed by atoms with Gasteiger partial charge in [0.05, 0.1) is 11.4 Å². The maximum Gasteiger partial charge on any atom is 0.331 e. The Morgan fingerprint density at radius 3 is 2.59 bits per heavy atom. The van der Waals surface area contributed by atoms with E-state index in [1.165, 1.54) is 6.92 Å². The van der Waals surface area contributed by atoms with Crippen LogP contribution in [0.5, 0.6) is 0 Å². The quantitative estimate of drug-likeness (QED) is 0.0720. The Morgan fingerprint density at radius 1 is 1.16 bits per heavy atom. The topological polar surface area (TPSA) is 76.0 Å². The third kappa shape index (κ3) is 7.99. The first-order valence-electron chi connectivity index (χ1n) is 15.3. The first kappa shape index (κ1) is 33.5. The number of likely N-dealkylation sites (N-methyl/N-ethyl adjacent to an activating group) is 1. The zero-order valence-electron chi connectivity index (χ0n) is 26.1. The molecule has 0 radical (unpaired) electrons. The summed E-state index contributed by atoms with van der Waals surface area (Å²) in [5.41, 5.74) is 5.97. The second-order valence-corrected chi connectivity index (χ2v) is 12.9. The van der Waals surface area contributed by atoms with Crippen LogP contribution in [0.3, 0.4) is 0 Å². The van der Waals surface area contributed by atoms with E-state index in [2.05, 4.69) is 30.0 Å². The van der Waals surface area contributed by atoms with E-state index < -0.39 is 11.9 Å². The number of fused-ring (bicyclic) bond motifs is 1. The number of nitrogens with zero attached hydrogens (tertiary/aromatic N) is 2. The first-order valence-corrected chi connectivity index (χ1v) is 16.7. The number of hydrogen-bond donors (Lipinski definition) is 0. The molecule has 0 fully saturated rings. The average Bonchev–Trinajstić information content (AvgIpc) is 3.29. The molecule has 3 unspecified atom stereocenters. The standard InChI is InChI=1S/C36H41ClN2O4S/c1-6-26(36(42)32(38-43-25(5)40)20-21-44-29-16-14-28(37)15-17-29)12-18-33-24(4)31-22-27(13-19-34(31)39(33)7-2)35(41)30-11-9-8-10-23(30)3/h8-14,16-18,22,26,28,34H,6-7,15,19-21H2,1-5H3. The number of carbonyl (C=O) groups is 3. The number of rotatable bonds is 13. The van der Waals surface area contributed by atoms with Crippen LogP contribution in [0, 0.1) is 12.8 Å². The Bertz CT molecular complexity index is 1510. The molecule has 0 aromatic heterocycles. The van der Waals surface area contributed by atoms with Gasteiger partial charge in [-0.05, 0) is 68.9 Å². The first-order chi connectivity index (χ1) is 21.1. The van der Waals surface area contributed by atoms with Crippen LogP contribution in [-0.2, 0) is 14.4 Å². The van der Waals surface area contributed by atoms with Gasteiger partial charge < -0.3 is 9.74 Å². The van der Waals surface area contributed by atoms with Gasteiger partial charge in [-0.1, -0.05) is 66.7 Å². The van der Waals surface area contributed by atoms with Gasteiger partial charge in [0.15, 0.2) is 11.6 Å². The van der Waals surface area contributed by atoms with Crippen LogP contribution in [0.1, 0.15) is 69.3 Å². The molecule has 1 aromatic rings. The van der Waals surface area contributed by atoms with Gasteiger partial charge in [-0.15, -0.1) is 23.4 Å². The second kappa shape index (κ2) is 15.5. The predicted molar refractivity (Wildman–Crippen MR) is 181 cm³/mol. The molecule has 0 spiro atoms. The fourth-order valence-electron chi connectivity index (χ4n) is 5.74. The highest BCUT2D eigenvalue weighted by Gasteiger charge is 2.34. The monoisotopic (exact) mass is 632 g/mol. The summed E-state index contributed by atoms with van der Waals surface area (Å²) < 4.78 is 0. The molecule has 0 saturated carbocycles. The van der Waals surface area contributed by atoms with Gasteiger partial charge in [-0.25, -0.2) is 4.79 Å². The Balaban J connectivity index is 1.52. The largest absolute Gasteiger partial charge is 0.364 e. The summed E-state index contributed by atoms with van der Waals surface area (Å²) in [5, 5.41) is 3.98. The SMILES string of the molecule is CCC(C=CC1=C(C)C2=CC(C(=O)c3ccccc3C)=CCC2N1CC)C(=O)C(CCSC1=CCC(Cl)C=C1)=NOC(C)=O. The van der Waals surface area contributed by atoms with Gasteiger partial charge in [0.25, 0.3) is 0 Å². The number of halogens is 1. The third-order valence-corrected chi connectivity index (χ3v) is 9.55. The van der Waals surface area contributed by atoms with Crippen LogP contribution in [0.4, 0.5) is 0 Å². The average molecular weight is 633 g/mol. The molecule has 1 heterocycles. The fourth-order valence-corrected chi connectivity index (χ4v) is 6.82. The van der Waals surface area contributed by atoms with Crippen molar-refractivity contribution in [3.8, 4) is 0 Å². The van der Waals surface area contributed by atoms with Crippen molar-refractivity contribution in [1.29, 1.82) is 0 Å². The minimum Gasteiger partial charge on any atom is -0.364 e. The Hall–Kier alpha value is -3.42. The van der Waals surface area contributed by atoms with Crippen LogP contribution in [0.25, 0.3) is 0 Å². The Morgan fingerprint density at radius 2 is 1.93 bits per heavy atom. The summed E-state index contributed by atoms with van der Waals surface area (Å²) in [6.07, 6.45) is 16.6. The molecule has 0 saturated heterocycles. The lowest BCUT2D eigenvalue weighted by molar-refractivity contribution is -0.141. The number of aryl methyl sites for hydroxylation is 1. The summed E-state index contributed by atoms with van der Waals surface area (Å²) in [6, 6.07) is 7.84. The molecule has 232 valence electrons. The number of hydrogen-bond acceptors (Lipinski definition) is 7. The number of benzene rings is 1. The van der Waals surface area contributed by atoms with Gasteiger partial charge in [0, 0.05) is 53.3 Å². The normalized spacial score (nSPS) is 20.7. The van der Waals surface area contributed by atoms with Crippen molar-refractivity contribution in [2.45, 2.75) is 71.7 Å². The summed E-state index contributed by atoms with van der Waals surface area (Å²) in [4.78, 5) is 46.9. The molecule has 4 rings (SSSR count). The number of alkyl halides is 1. The van der Waals surface area contributed by atoms with E-state index in [1.807, 2.05) is 74.6 Å². The number of thioether (sulfide) groups is 1. The van der Waals surface area contributed by atoms with Crippen molar-refractivity contribution >= 4 is 46.6 Å². The summed E-state index contributed by atoms with van der Waals surface area (Å²) >= 11 is 7.76. The number of ketones is 2. The highest BCUT2D eigenvalue weighted by molar-refractivity contribution is 8.03. The minimum absolute atomic E-state index is 0.0148. The molecule has 3 atom stereocenters. The molecule has 0 amide bonds. The van der Waals surface area contributed by atoms with E-state index in [4.69, 9.17) is 16.4 Å². The second-order valence-electron chi connectivity index (χ2n) is 11.1. The van der Waals surface area contributed by atoms with Crippen molar-refractivity contribution in [2.24, 2.45) is 11.1 Å². The zero-order valence-corrected chi connectivity index (χ0v) is 27.7. The van der Waals surface area contributed by atoms with Crippen molar-refractivity contribution in [3.63, 3.8) is 0 Å². The third-order valence-electron chi connectivity index (χ3n) is 8.18. The number of allylic oxidation sites excluding steroid dienone is 7. The smallest absolute Gasteiger partial charge is 0.331 e. The molecule has 6 nitrogen and oxygen atoms in total.